The maximum absolute atomic E-state index is 11.8. The lowest BCUT2D eigenvalue weighted by atomic mass is 10.2. The molecule has 6 N–H and O–H groups in total. The van der Waals surface area contributed by atoms with Crippen molar-refractivity contribution in [1.82, 2.24) is 15.2 Å². The van der Waals surface area contributed by atoms with Gasteiger partial charge in [0.1, 0.15) is 18.0 Å². The summed E-state index contributed by atoms with van der Waals surface area (Å²) >= 11 is 0. The fraction of sp³-hybridized carbons (Fsp3) is 0.692. The van der Waals surface area contributed by atoms with E-state index in [1.165, 1.54) is 0 Å². The zero-order valence-electron chi connectivity index (χ0n) is 23.8. The molecule has 1 aliphatic heterocycles. The van der Waals surface area contributed by atoms with Crippen molar-refractivity contribution in [1.29, 1.82) is 0 Å². The van der Waals surface area contributed by atoms with Gasteiger partial charge in [-0.1, -0.05) is 0 Å². The molecule has 0 spiro atoms. The molecule has 0 bridgehead atoms. The smallest absolute Gasteiger partial charge is 0.407 e. The number of amides is 1. The summed E-state index contributed by atoms with van der Waals surface area (Å²) in [6.07, 6.45) is 1.12. The highest BCUT2D eigenvalue weighted by Gasteiger charge is 2.18. The topological polar surface area (TPSA) is 149 Å². The number of aliphatic imine (C=N–C) groups is 1. The second-order valence-electron chi connectivity index (χ2n) is 10.3. The van der Waals surface area contributed by atoms with Gasteiger partial charge in [0.25, 0.3) is 0 Å². The molecule has 1 fully saturated rings. The Morgan fingerprint density at radius 2 is 1.95 bits per heavy atom. The van der Waals surface area contributed by atoms with Crippen LogP contribution in [0, 0.1) is 0 Å². The number of rotatable bonds is 13. The van der Waals surface area contributed by atoms with E-state index in [4.69, 9.17) is 35.5 Å². The average Bonchev–Trinajstić information content (AvgIpc) is 2.85. The van der Waals surface area contributed by atoms with E-state index in [1.807, 2.05) is 33.8 Å². The van der Waals surface area contributed by atoms with E-state index in [0.29, 0.717) is 48.4 Å². The molecule has 12 heteroatoms. The highest BCUT2D eigenvalue weighted by Crippen LogP contribution is 2.35. The number of nitrogens with one attached hydrogen (secondary N) is 2. The van der Waals surface area contributed by atoms with Crippen LogP contribution < -0.4 is 31.7 Å². The lowest BCUT2D eigenvalue weighted by Crippen LogP contribution is -2.44. The number of unbranched alkanes of at least 4 members (excludes halogenated alkanes) is 1. The number of likely N-dealkylation sites (N-methyl/N-ethyl adjacent to an activating group) is 1. The van der Waals surface area contributed by atoms with Gasteiger partial charge < -0.3 is 35.3 Å². The molecule has 1 saturated heterocycles. The third kappa shape index (κ3) is 11.3. The number of carbonyl (C=O) groups is 1. The first kappa shape index (κ1) is 31.4. The van der Waals surface area contributed by atoms with Gasteiger partial charge in [-0.15, -0.1) is 0 Å². The monoisotopic (exact) mass is 537 g/mol. The standard InChI is InChI=1S/C26H47N7O5/c1-19(32(5)28)24(29-9-7-8-10-30-25(34)38-26(2,3)4)31-21-18-23(22(35-6)17-20(21)27)37-16-13-33-11-14-36-15-12-33/h17-19H,7-16,27-28H2,1-6H3,(H,29,31)(H,30,34). The molecule has 1 aliphatic rings. The van der Waals surface area contributed by atoms with Gasteiger partial charge in [0, 0.05) is 51.9 Å². The maximum Gasteiger partial charge on any atom is 0.407 e. The number of amidine groups is 1. The molecule has 1 atom stereocenters. The second kappa shape index (κ2) is 15.6. The van der Waals surface area contributed by atoms with Crippen LogP contribution in [0.25, 0.3) is 0 Å². The number of nitrogens with two attached hydrogens (primary N) is 2. The molecule has 0 radical (unpaired) electrons. The molecular weight excluding hydrogens is 490 g/mol. The third-order valence-electron chi connectivity index (χ3n) is 5.91. The van der Waals surface area contributed by atoms with Crippen molar-refractivity contribution in [2.24, 2.45) is 10.8 Å². The number of hydrogen-bond acceptors (Lipinski definition) is 10. The highest BCUT2D eigenvalue weighted by molar-refractivity contribution is 6.01. The Morgan fingerprint density at radius 3 is 2.58 bits per heavy atom. The number of carbonyl (C=O) groups excluding carboxylic acids is 1. The summed E-state index contributed by atoms with van der Waals surface area (Å²) in [7, 11) is 3.37. The number of benzene rings is 1. The van der Waals surface area contributed by atoms with Crippen LogP contribution in [0.3, 0.4) is 0 Å². The van der Waals surface area contributed by atoms with Crippen LogP contribution in [0.4, 0.5) is 16.2 Å². The zero-order valence-corrected chi connectivity index (χ0v) is 23.8. The number of morpholine rings is 1. The van der Waals surface area contributed by atoms with Crippen LogP contribution in [-0.4, -0.2) is 100 Å². The van der Waals surface area contributed by atoms with Crippen molar-refractivity contribution in [2.75, 3.05) is 77.8 Å². The minimum absolute atomic E-state index is 0.193. The fourth-order valence-corrected chi connectivity index (χ4v) is 3.61. The van der Waals surface area contributed by atoms with Crippen molar-refractivity contribution in [3.63, 3.8) is 0 Å². The number of nitrogens with zero attached hydrogens (tertiary/aromatic N) is 3. The van der Waals surface area contributed by atoms with E-state index < -0.39 is 11.7 Å². The molecule has 1 aromatic carbocycles. The molecule has 216 valence electrons. The first-order valence-corrected chi connectivity index (χ1v) is 13.2. The van der Waals surface area contributed by atoms with Crippen LogP contribution in [0.1, 0.15) is 40.5 Å². The Morgan fingerprint density at radius 1 is 1.24 bits per heavy atom. The summed E-state index contributed by atoms with van der Waals surface area (Å²) in [5.41, 5.74) is 6.97. The molecule has 0 aromatic heterocycles. The van der Waals surface area contributed by atoms with Crippen molar-refractivity contribution in [3.8, 4) is 11.5 Å². The minimum Gasteiger partial charge on any atom is -0.493 e. The third-order valence-corrected chi connectivity index (χ3v) is 5.91. The van der Waals surface area contributed by atoms with Crippen molar-refractivity contribution < 1.29 is 23.7 Å². The molecule has 38 heavy (non-hydrogen) atoms. The molecule has 12 nitrogen and oxygen atoms in total. The van der Waals surface area contributed by atoms with Crippen molar-refractivity contribution >= 4 is 23.3 Å². The number of hydrogen-bond donors (Lipinski definition) is 4. The fourth-order valence-electron chi connectivity index (χ4n) is 3.61. The van der Waals surface area contributed by atoms with Gasteiger partial charge in [0.05, 0.1) is 37.7 Å². The predicted molar refractivity (Wildman–Crippen MR) is 151 cm³/mol. The van der Waals surface area contributed by atoms with E-state index in [-0.39, 0.29) is 6.04 Å². The lowest BCUT2D eigenvalue weighted by Gasteiger charge is -2.26. The van der Waals surface area contributed by atoms with Gasteiger partial charge in [-0.2, -0.15) is 0 Å². The van der Waals surface area contributed by atoms with E-state index in [0.717, 1.165) is 45.7 Å². The van der Waals surface area contributed by atoms with Gasteiger partial charge in [0.15, 0.2) is 11.5 Å². The van der Waals surface area contributed by atoms with Crippen LogP contribution in [0.15, 0.2) is 17.1 Å². The van der Waals surface area contributed by atoms with Gasteiger partial charge >= 0.3 is 6.09 Å². The second-order valence-corrected chi connectivity index (χ2v) is 10.3. The Labute approximate surface area is 227 Å². The van der Waals surface area contributed by atoms with Crippen molar-refractivity contribution in [2.45, 2.75) is 52.2 Å². The summed E-state index contributed by atoms with van der Waals surface area (Å²) < 4.78 is 22.2. The van der Waals surface area contributed by atoms with Gasteiger partial charge in [-0.3, -0.25) is 15.7 Å². The number of hydrazine groups is 1. The molecular formula is C26H47N7O5. The minimum atomic E-state index is -0.518. The number of anilines is 2. The van der Waals surface area contributed by atoms with Crippen LogP contribution in [0.5, 0.6) is 11.5 Å². The zero-order chi connectivity index (χ0) is 28.1. The van der Waals surface area contributed by atoms with E-state index in [9.17, 15) is 4.79 Å². The van der Waals surface area contributed by atoms with E-state index >= 15 is 0 Å². The van der Waals surface area contributed by atoms with E-state index in [1.54, 1.807) is 25.2 Å². The van der Waals surface area contributed by atoms with Crippen molar-refractivity contribution in [3.05, 3.63) is 12.1 Å². The van der Waals surface area contributed by atoms with Crippen LogP contribution >= 0.6 is 0 Å². The largest absolute Gasteiger partial charge is 0.493 e. The summed E-state index contributed by atoms with van der Waals surface area (Å²) in [5, 5.41) is 7.69. The molecule has 2 rings (SSSR count). The predicted octanol–water partition coefficient (Wildman–Crippen LogP) is 2.30. The van der Waals surface area contributed by atoms with Gasteiger partial charge in [-0.05, 0) is 40.5 Å². The van der Waals surface area contributed by atoms with E-state index in [2.05, 4.69) is 15.5 Å². The van der Waals surface area contributed by atoms with Gasteiger partial charge in [-0.25, -0.2) is 9.80 Å². The number of ether oxygens (including phenoxy) is 4. The molecule has 0 saturated carbocycles. The first-order chi connectivity index (χ1) is 18.0. The first-order valence-electron chi connectivity index (χ1n) is 13.2. The number of methoxy groups -OCH3 is 1. The Kier molecular flexibility index (Phi) is 12.9. The molecule has 1 aromatic rings. The molecule has 0 aliphatic carbocycles. The van der Waals surface area contributed by atoms with Crippen LogP contribution in [0.2, 0.25) is 0 Å². The Bertz CT molecular complexity index is 899. The summed E-state index contributed by atoms with van der Waals surface area (Å²) in [5.74, 6) is 7.87. The molecule has 1 amide bonds. The molecule has 1 unspecified atom stereocenters. The maximum atomic E-state index is 11.8. The highest BCUT2D eigenvalue weighted by atomic mass is 16.6. The average molecular weight is 538 g/mol. The summed E-state index contributed by atoms with van der Waals surface area (Å²) in [6, 6.07) is 3.38. The number of nitrogen functional groups attached to an aromatic ring is 1. The lowest BCUT2D eigenvalue weighted by molar-refractivity contribution is 0.0321. The molecule has 1 heterocycles. The van der Waals surface area contributed by atoms with Crippen LogP contribution in [-0.2, 0) is 9.47 Å². The summed E-state index contributed by atoms with van der Waals surface area (Å²) in [4.78, 5) is 18.8. The summed E-state index contributed by atoms with van der Waals surface area (Å²) in [6.45, 7) is 13.1. The van der Waals surface area contributed by atoms with Gasteiger partial charge in [0.2, 0.25) is 0 Å². The Hall–Kier alpha value is -2.80. The number of alkyl carbamates (subject to hydrolysis) is 1. The quantitative estimate of drug-likeness (QED) is 0.0737. The normalized spacial score (nSPS) is 15.7. The Balaban J connectivity index is 1.99. The SMILES string of the molecule is COc1cc(N)c(NC(=NCCCCNC(=O)OC(C)(C)C)C(C)N(C)N)cc1OCCN1CCOCC1.